The number of alkyl halides is 2. The monoisotopic (exact) mass is 602 g/mol. The predicted molar refractivity (Wildman–Crippen MR) is 157 cm³/mol. The lowest BCUT2D eigenvalue weighted by molar-refractivity contribution is -0.222. The summed E-state index contributed by atoms with van der Waals surface area (Å²) in [5, 5.41) is 0. The molecule has 1 nitrogen and oxygen atoms in total. The van der Waals surface area contributed by atoms with Crippen molar-refractivity contribution in [3.8, 4) is 16.9 Å². The van der Waals surface area contributed by atoms with E-state index in [9.17, 15) is 17.6 Å². The van der Waals surface area contributed by atoms with Crippen LogP contribution in [0, 0.1) is 35.1 Å². The molecule has 0 heterocycles. The minimum Gasteiger partial charge on any atom is -0.432 e. The molecule has 7 heteroatoms. The minimum absolute atomic E-state index is 0.0826. The third kappa shape index (κ3) is 7.58. The average molecular weight is 603 g/mol. The summed E-state index contributed by atoms with van der Waals surface area (Å²) in [5.74, 6) is -3.95. The highest BCUT2D eigenvalue weighted by atomic mass is 19.3. The Morgan fingerprint density at radius 1 is 0.674 bits per heavy atom. The SMILES string of the molecule is CCCCCC1CCC(c2ccc(-c3ccc(C4CCC(C(F)(F)Oc5ccc(F)c(F)c5)CC4)c(F)c3)c(F)c2)CC1. The van der Waals surface area contributed by atoms with E-state index < -0.39 is 35.2 Å². The zero-order chi connectivity index (χ0) is 30.6. The Kier molecular flexibility index (Phi) is 10.1. The highest BCUT2D eigenvalue weighted by molar-refractivity contribution is 5.65. The molecule has 2 aliphatic rings. The van der Waals surface area contributed by atoms with E-state index in [-0.39, 0.29) is 24.6 Å². The Morgan fingerprint density at radius 3 is 2.05 bits per heavy atom. The van der Waals surface area contributed by atoms with Gasteiger partial charge in [-0.2, -0.15) is 8.78 Å². The first kappa shape index (κ1) is 31.5. The Bertz CT molecular complexity index is 1370. The fourth-order valence-electron chi connectivity index (χ4n) is 7.03. The van der Waals surface area contributed by atoms with Crippen LogP contribution in [0.5, 0.6) is 5.75 Å². The van der Waals surface area contributed by atoms with E-state index in [0.717, 1.165) is 36.5 Å². The Labute approximate surface area is 250 Å². The summed E-state index contributed by atoms with van der Waals surface area (Å²) in [6, 6.07) is 12.3. The minimum atomic E-state index is -3.57. The lowest BCUT2D eigenvalue weighted by Crippen LogP contribution is -2.37. The molecular weight excluding hydrogens is 562 g/mol. The van der Waals surface area contributed by atoms with Crippen molar-refractivity contribution < 1.29 is 31.1 Å². The van der Waals surface area contributed by atoms with Crippen LogP contribution in [-0.4, -0.2) is 6.11 Å². The van der Waals surface area contributed by atoms with Gasteiger partial charge in [-0.15, -0.1) is 0 Å². The molecule has 3 aromatic rings. The lowest BCUT2D eigenvalue weighted by Gasteiger charge is -2.33. The van der Waals surface area contributed by atoms with Gasteiger partial charge in [0.1, 0.15) is 17.4 Å². The standard InChI is InChI=1S/C36H40F6O/c1-2-3-4-5-23-6-8-24(9-7-23)26-12-17-31(33(38)20-26)27-13-18-30(34(39)21-27)25-10-14-28(15-11-25)36(41,42)43-29-16-19-32(37)35(40)22-29/h12-13,16-25,28H,2-11,14-15H2,1H3. The summed E-state index contributed by atoms with van der Waals surface area (Å²) in [5.41, 5.74) is 2.23. The van der Waals surface area contributed by atoms with Gasteiger partial charge < -0.3 is 4.74 Å². The molecule has 5 rings (SSSR count). The van der Waals surface area contributed by atoms with E-state index in [0.29, 0.717) is 41.5 Å². The number of rotatable bonds is 10. The first-order valence-electron chi connectivity index (χ1n) is 15.8. The fraction of sp³-hybridized carbons (Fsp3) is 0.500. The normalized spacial score (nSPS) is 22.9. The van der Waals surface area contributed by atoms with Gasteiger partial charge in [0, 0.05) is 11.6 Å². The van der Waals surface area contributed by atoms with E-state index in [4.69, 9.17) is 4.74 Å². The van der Waals surface area contributed by atoms with Gasteiger partial charge in [0.25, 0.3) is 0 Å². The summed E-state index contributed by atoms with van der Waals surface area (Å²) in [6.45, 7) is 2.22. The highest BCUT2D eigenvalue weighted by Gasteiger charge is 2.44. The van der Waals surface area contributed by atoms with Crippen molar-refractivity contribution in [3.05, 3.63) is 89.0 Å². The van der Waals surface area contributed by atoms with Crippen LogP contribution in [0.4, 0.5) is 26.3 Å². The quantitative estimate of drug-likeness (QED) is 0.166. The molecule has 0 aromatic heterocycles. The van der Waals surface area contributed by atoms with Crippen molar-refractivity contribution in [2.75, 3.05) is 0 Å². The maximum Gasteiger partial charge on any atom is 0.400 e. The third-order valence-corrected chi connectivity index (χ3v) is 9.63. The highest BCUT2D eigenvalue weighted by Crippen LogP contribution is 2.44. The van der Waals surface area contributed by atoms with E-state index in [1.807, 2.05) is 6.07 Å². The van der Waals surface area contributed by atoms with Gasteiger partial charge in [-0.3, -0.25) is 0 Å². The molecule has 232 valence electrons. The number of hydrogen-bond donors (Lipinski definition) is 0. The molecule has 0 radical (unpaired) electrons. The molecule has 2 saturated carbocycles. The Balaban J connectivity index is 1.18. The second-order valence-electron chi connectivity index (χ2n) is 12.5. The maximum atomic E-state index is 15.3. The third-order valence-electron chi connectivity index (χ3n) is 9.63. The summed E-state index contributed by atoms with van der Waals surface area (Å²) in [6.07, 6.45) is 6.85. The van der Waals surface area contributed by atoms with Crippen LogP contribution in [-0.2, 0) is 0 Å². The van der Waals surface area contributed by atoms with E-state index in [1.165, 1.54) is 44.6 Å². The van der Waals surface area contributed by atoms with Crippen molar-refractivity contribution in [1.82, 2.24) is 0 Å². The average Bonchev–Trinajstić information content (AvgIpc) is 2.99. The number of hydrogen-bond acceptors (Lipinski definition) is 1. The summed E-state index contributed by atoms with van der Waals surface area (Å²) >= 11 is 0. The molecule has 0 amide bonds. The molecule has 0 spiro atoms. The van der Waals surface area contributed by atoms with Crippen molar-refractivity contribution in [2.45, 2.75) is 102 Å². The molecule has 0 N–H and O–H groups in total. The van der Waals surface area contributed by atoms with Crippen LogP contribution in [0.2, 0.25) is 0 Å². The zero-order valence-electron chi connectivity index (χ0n) is 24.7. The number of benzene rings is 3. The van der Waals surface area contributed by atoms with E-state index >= 15 is 8.78 Å². The zero-order valence-corrected chi connectivity index (χ0v) is 24.7. The molecule has 0 unspecified atom stereocenters. The maximum absolute atomic E-state index is 15.3. The van der Waals surface area contributed by atoms with Gasteiger partial charge >= 0.3 is 6.11 Å². The summed E-state index contributed by atoms with van der Waals surface area (Å²) < 4.78 is 91.4. The second-order valence-corrected chi connectivity index (χ2v) is 12.5. The number of ether oxygens (including phenoxy) is 1. The van der Waals surface area contributed by atoms with Crippen molar-refractivity contribution in [2.24, 2.45) is 11.8 Å². The topological polar surface area (TPSA) is 9.23 Å². The fourth-order valence-corrected chi connectivity index (χ4v) is 7.03. The van der Waals surface area contributed by atoms with Crippen LogP contribution in [0.3, 0.4) is 0 Å². The van der Waals surface area contributed by atoms with Crippen molar-refractivity contribution in [3.63, 3.8) is 0 Å². The van der Waals surface area contributed by atoms with Crippen LogP contribution >= 0.6 is 0 Å². The largest absolute Gasteiger partial charge is 0.432 e. The molecular formula is C36H40F6O. The first-order valence-corrected chi connectivity index (χ1v) is 15.8. The molecule has 0 aliphatic heterocycles. The van der Waals surface area contributed by atoms with Gasteiger partial charge in [0.2, 0.25) is 0 Å². The van der Waals surface area contributed by atoms with Gasteiger partial charge in [0.15, 0.2) is 11.6 Å². The molecule has 2 fully saturated rings. The van der Waals surface area contributed by atoms with Crippen molar-refractivity contribution >= 4 is 0 Å². The number of halogens is 6. The van der Waals surface area contributed by atoms with Crippen molar-refractivity contribution in [1.29, 1.82) is 0 Å². The molecule has 0 saturated heterocycles. The van der Waals surface area contributed by atoms with Gasteiger partial charge in [0.05, 0.1) is 5.92 Å². The Hall–Kier alpha value is -2.96. The van der Waals surface area contributed by atoms with Gasteiger partial charge in [-0.1, -0.05) is 56.9 Å². The van der Waals surface area contributed by atoms with Gasteiger partial charge in [-0.25, -0.2) is 17.6 Å². The van der Waals surface area contributed by atoms with E-state index in [1.54, 1.807) is 24.3 Å². The molecule has 0 bridgehead atoms. The Morgan fingerprint density at radius 2 is 1.40 bits per heavy atom. The van der Waals surface area contributed by atoms with Crippen LogP contribution in [0.25, 0.3) is 11.1 Å². The molecule has 3 aromatic carbocycles. The smallest absolute Gasteiger partial charge is 0.400 e. The van der Waals surface area contributed by atoms with Crippen LogP contribution in [0.1, 0.15) is 107 Å². The summed E-state index contributed by atoms with van der Waals surface area (Å²) in [4.78, 5) is 0. The molecule has 0 atom stereocenters. The van der Waals surface area contributed by atoms with Gasteiger partial charge in [-0.05, 0) is 110 Å². The van der Waals surface area contributed by atoms with Crippen LogP contribution in [0.15, 0.2) is 54.6 Å². The van der Waals surface area contributed by atoms with E-state index in [2.05, 4.69) is 6.92 Å². The second kappa shape index (κ2) is 13.8. The molecule has 2 aliphatic carbocycles. The van der Waals surface area contributed by atoms with Crippen LogP contribution < -0.4 is 4.74 Å². The number of unbranched alkanes of at least 4 members (excludes halogenated alkanes) is 2. The predicted octanol–water partition coefficient (Wildman–Crippen LogP) is 11.7. The first-order chi connectivity index (χ1) is 20.6. The summed E-state index contributed by atoms with van der Waals surface area (Å²) in [7, 11) is 0. The molecule has 43 heavy (non-hydrogen) atoms. The lowest BCUT2D eigenvalue weighted by atomic mass is 9.76.